The predicted octanol–water partition coefficient (Wildman–Crippen LogP) is 8.15. The van der Waals surface area contributed by atoms with Crippen LogP contribution in [0.2, 0.25) is 98.2 Å². The minimum absolute atomic E-state index is 0.0704. The summed E-state index contributed by atoms with van der Waals surface area (Å²) in [7, 11) is -11.4. The van der Waals surface area contributed by atoms with Crippen LogP contribution < -0.4 is 0 Å². The number of esters is 2. The Morgan fingerprint density at radius 1 is 0.536 bits per heavy atom. The van der Waals surface area contributed by atoms with Crippen molar-refractivity contribution in [2.24, 2.45) is 0 Å². The smallest absolute Gasteiger partial charge is 0.302 e. The molecule has 0 N–H and O–H groups in total. The topological polar surface area (TPSA) is 126 Å². The van der Waals surface area contributed by atoms with E-state index in [0.717, 1.165) is 10.5 Å². The van der Waals surface area contributed by atoms with Crippen LogP contribution >= 0.6 is 11.8 Å². The minimum Gasteiger partial charge on any atom is -0.463 e. The highest BCUT2D eigenvalue weighted by Crippen LogP contribution is 2.42. The van der Waals surface area contributed by atoms with Crippen molar-refractivity contribution in [2.45, 2.75) is 184 Å². The monoisotopic (exact) mass is 892 g/mol. The highest BCUT2D eigenvalue weighted by molar-refractivity contribution is 7.99. The molecule has 0 radical (unpaired) electrons. The highest BCUT2D eigenvalue weighted by atomic mass is 32.2. The van der Waals surface area contributed by atoms with E-state index in [1.807, 2.05) is 0 Å². The second-order valence-corrected chi connectivity index (χ2v) is 43.2. The van der Waals surface area contributed by atoms with Gasteiger partial charge in [-0.25, -0.2) is 0 Å². The molecule has 0 spiro atoms. The van der Waals surface area contributed by atoms with E-state index in [4.69, 9.17) is 45.8 Å². The zero-order chi connectivity index (χ0) is 42.6. The van der Waals surface area contributed by atoms with Gasteiger partial charge in [0.15, 0.2) is 47.9 Å². The molecule has 0 saturated carbocycles. The van der Waals surface area contributed by atoms with Gasteiger partial charge in [0, 0.05) is 18.7 Å². The molecule has 10 atom stereocenters. The summed E-state index contributed by atoms with van der Waals surface area (Å²) in [4.78, 5) is 25.6. The van der Waals surface area contributed by atoms with Gasteiger partial charge in [0.25, 0.3) is 0 Å². The van der Waals surface area contributed by atoms with Gasteiger partial charge >= 0.3 is 11.9 Å². The van der Waals surface area contributed by atoms with Crippen molar-refractivity contribution >= 4 is 65.3 Å². The predicted molar refractivity (Wildman–Crippen MR) is 234 cm³/mol. The summed E-state index contributed by atoms with van der Waals surface area (Å²) in [5.74, 6) is -0.876. The fourth-order valence-corrected chi connectivity index (χ4v) is 13.0. The van der Waals surface area contributed by atoms with Crippen molar-refractivity contribution in [3.05, 3.63) is 29.8 Å². The third-order valence-corrected chi connectivity index (χ3v) is 14.1. The molecule has 0 aromatic heterocycles. The third kappa shape index (κ3) is 17.1. The maximum atomic E-state index is 12.4. The van der Waals surface area contributed by atoms with Crippen LogP contribution in [0, 0.1) is 6.92 Å². The maximum Gasteiger partial charge on any atom is 0.302 e. The third-order valence-electron chi connectivity index (χ3n) is 8.10. The first-order valence-corrected chi connectivity index (χ1v) is 37.7. The molecular weight excluding hydrogens is 821 g/mol. The van der Waals surface area contributed by atoms with Crippen molar-refractivity contribution in [1.29, 1.82) is 0 Å². The Hall–Kier alpha value is -0.726. The zero-order valence-corrected chi connectivity index (χ0v) is 43.1. The molecular formula is C38H72O12SSi5. The molecule has 322 valence electrons. The summed E-state index contributed by atoms with van der Waals surface area (Å²) < 4.78 is 67.5. The molecule has 3 rings (SSSR count). The number of carbonyl (C=O) groups is 2. The number of thioether (sulfide) groups is 1. The highest BCUT2D eigenvalue weighted by Gasteiger charge is 2.57. The second-order valence-electron chi connectivity index (χ2n) is 19.7. The van der Waals surface area contributed by atoms with Crippen LogP contribution in [-0.4, -0.2) is 127 Å². The molecule has 1 aromatic rings. The van der Waals surface area contributed by atoms with E-state index in [1.54, 1.807) is 11.8 Å². The van der Waals surface area contributed by atoms with Crippen LogP contribution in [0.25, 0.3) is 0 Å². The average molecular weight is 893 g/mol. The van der Waals surface area contributed by atoms with E-state index >= 15 is 0 Å². The summed E-state index contributed by atoms with van der Waals surface area (Å²) >= 11 is 1.56. The molecule has 12 nitrogen and oxygen atoms in total. The molecule has 2 aliphatic rings. The van der Waals surface area contributed by atoms with Gasteiger partial charge in [0.05, 0.1) is 0 Å². The first-order valence-electron chi connectivity index (χ1n) is 19.8. The van der Waals surface area contributed by atoms with Crippen molar-refractivity contribution < 1.29 is 55.4 Å². The molecule has 18 heteroatoms. The lowest BCUT2D eigenvalue weighted by Gasteiger charge is -2.53. The standard InChI is InChI=1S/C38H72O12SSi5/c1-25-19-21-28(22-20-25)51-38-36(50-56(16,17)18)33(47-53(7,8)9)31(29(44-38)23-41-26(2)39)45-37-35(49-55(13,14)15)34(48-54(10,11)12)32(46-52(4,5)6)30(43-37)24-42-27(3)40/h19-22,29-38H,23-24H2,1-18H3/t29-,30-,31-,32-,33+,34+,35-,36-,37-,38+/m1/s1. The Labute approximate surface area is 346 Å². The first-order chi connectivity index (χ1) is 25.4. The quantitative estimate of drug-likeness (QED) is 0.104. The Morgan fingerprint density at radius 2 is 0.911 bits per heavy atom. The van der Waals surface area contributed by atoms with Crippen LogP contribution in [0.5, 0.6) is 0 Å². The van der Waals surface area contributed by atoms with Crippen molar-refractivity contribution in [3.63, 3.8) is 0 Å². The maximum absolute atomic E-state index is 12.4. The zero-order valence-electron chi connectivity index (χ0n) is 37.3. The van der Waals surface area contributed by atoms with E-state index in [0.29, 0.717) is 0 Å². The van der Waals surface area contributed by atoms with E-state index < -0.39 is 114 Å². The summed E-state index contributed by atoms with van der Waals surface area (Å²) in [6.45, 7) is 36.5. The Balaban J connectivity index is 2.27. The molecule has 0 bridgehead atoms. The average Bonchev–Trinajstić information content (AvgIpc) is 2.99. The molecule has 0 unspecified atom stereocenters. The van der Waals surface area contributed by atoms with Gasteiger partial charge in [-0.05, 0) is 117 Å². The van der Waals surface area contributed by atoms with Crippen LogP contribution in [0.1, 0.15) is 19.4 Å². The van der Waals surface area contributed by atoms with Crippen LogP contribution in [0.4, 0.5) is 0 Å². The summed E-state index contributed by atoms with van der Waals surface area (Å²) in [6.07, 6.45) is -6.59. The Kier molecular flexibility index (Phi) is 17.5. The second kappa shape index (κ2) is 19.8. The van der Waals surface area contributed by atoms with Gasteiger partial charge in [-0.3, -0.25) is 9.59 Å². The van der Waals surface area contributed by atoms with Crippen LogP contribution in [0.15, 0.2) is 29.2 Å². The van der Waals surface area contributed by atoms with E-state index in [1.165, 1.54) is 13.8 Å². The molecule has 2 aliphatic heterocycles. The van der Waals surface area contributed by atoms with Crippen LogP contribution in [0.3, 0.4) is 0 Å². The van der Waals surface area contributed by atoms with Gasteiger partial charge in [0.2, 0.25) is 0 Å². The van der Waals surface area contributed by atoms with Crippen molar-refractivity contribution in [3.8, 4) is 0 Å². The number of rotatable bonds is 18. The lowest BCUT2D eigenvalue weighted by Crippen LogP contribution is -2.69. The molecule has 0 aliphatic carbocycles. The van der Waals surface area contributed by atoms with Crippen LogP contribution in [-0.2, 0) is 55.4 Å². The molecule has 56 heavy (non-hydrogen) atoms. The lowest BCUT2D eigenvalue weighted by molar-refractivity contribution is -0.330. The van der Waals surface area contributed by atoms with E-state index in [9.17, 15) is 9.59 Å². The molecule has 2 heterocycles. The normalized spacial score (nSPS) is 29.5. The number of aryl methyl sites for hydroxylation is 1. The molecule has 1 aromatic carbocycles. The Bertz CT molecular complexity index is 1420. The molecule has 0 amide bonds. The molecule has 2 fully saturated rings. The number of benzene rings is 1. The number of carbonyl (C=O) groups excluding carboxylic acids is 2. The minimum atomic E-state index is -2.32. The summed E-state index contributed by atoms with van der Waals surface area (Å²) in [6, 6.07) is 8.28. The Morgan fingerprint density at radius 3 is 1.34 bits per heavy atom. The fraction of sp³-hybridized carbons (Fsp3) is 0.789. The first kappa shape index (κ1) is 49.6. The SMILES string of the molecule is CC(=O)OC[C@H]1O[C@@H](Sc2ccc(C)cc2)[C@H](O[Si](C)(C)C)[C@@H](O[Si](C)(C)C)[C@@H]1O[C@H]1O[C@H](COC(C)=O)[C@@H](O[Si](C)(C)C)[C@H](O[Si](C)(C)C)[C@H]1O[Si](C)(C)C. The van der Waals surface area contributed by atoms with E-state index in [2.05, 4.69) is 129 Å². The largest absolute Gasteiger partial charge is 0.463 e. The lowest BCUT2D eigenvalue weighted by atomic mass is 9.97. The van der Waals surface area contributed by atoms with Gasteiger partial charge < -0.3 is 45.8 Å². The molecule has 2 saturated heterocycles. The van der Waals surface area contributed by atoms with E-state index in [-0.39, 0.29) is 13.2 Å². The summed E-state index contributed by atoms with van der Waals surface area (Å²) in [5.41, 5.74) is 0.625. The summed E-state index contributed by atoms with van der Waals surface area (Å²) in [5, 5.41) is 0. The van der Waals surface area contributed by atoms with Crippen molar-refractivity contribution in [2.75, 3.05) is 13.2 Å². The van der Waals surface area contributed by atoms with Gasteiger partial charge in [-0.2, -0.15) is 0 Å². The fourth-order valence-electron chi connectivity index (χ4n) is 6.40. The number of ether oxygens (including phenoxy) is 5. The number of hydrogen-bond donors (Lipinski definition) is 0. The van der Waals surface area contributed by atoms with Crippen molar-refractivity contribution in [1.82, 2.24) is 0 Å². The van der Waals surface area contributed by atoms with Gasteiger partial charge in [0.1, 0.15) is 67.5 Å². The van der Waals surface area contributed by atoms with Gasteiger partial charge in [-0.1, -0.05) is 29.5 Å². The van der Waals surface area contributed by atoms with Gasteiger partial charge in [-0.15, -0.1) is 0 Å². The number of hydrogen-bond acceptors (Lipinski definition) is 13.